The molecule has 0 aliphatic carbocycles. The van der Waals surface area contributed by atoms with Crippen LogP contribution >= 0.6 is 15.9 Å². The van der Waals surface area contributed by atoms with Crippen LogP contribution in [0.25, 0.3) is 0 Å². The number of hydrogen-bond acceptors (Lipinski definition) is 3. The molecule has 1 aromatic heterocycles. The largest absolute Gasteiger partial charge is 0.363 e. The van der Waals surface area contributed by atoms with Crippen molar-refractivity contribution in [3.05, 3.63) is 41.2 Å². The van der Waals surface area contributed by atoms with Gasteiger partial charge >= 0.3 is 0 Å². The Morgan fingerprint density at radius 2 is 1.92 bits per heavy atom. The first kappa shape index (κ1) is 8.31. The number of benzene rings is 1. The minimum atomic E-state index is 0.849. The van der Waals surface area contributed by atoms with E-state index in [1.54, 1.807) is 12.5 Å². The minimum absolute atomic E-state index is 0.849. The number of aromatic nitrogens is 1. The lowest BCUT2D eigenvalue weighted by molar-refractivity contribution is 0.420. The fraction of sp³-hybridized carbons (Fsp3) is 0. The molecule has 0 atom stereocenters. The quantitative estimate of drug-likeness (QED) is 0.874. The molecular formula is C9H7BrN2O. The van der Waals surface area contributed by atoms with Gasteiger partial charge in [-0.2, -0.15) is 0 Å². The van der Waals surface area contributed by atoms with Crippen molar-refractivity contribution in [2.75, 3.05) is 5.32 Å². The molecule has 0 saturated heterocycles. The summed E-state index contributed by atoms with van der Waals surface area (Å²) >= 11 is 3.36. The lowest BCUT2D eigenvalue weighted by Gasteiger charge is -2.01. The molecule has 0 aliphatic heterocycles. The number of hydrogen-bond donors (Lipinski definition) is 1. The Labute approximate surface area is 83.9 Å². The smallest absolute Gasteiger partial charge is 0.147 e. The first-order valence-corrected chi connectivity index (χ1v) is 4.56. The van der Waals surface area contributed by atoms with Gasteiger partial charge in [0.1, 0.15) is 6.26 Å². The number of halogens is 1. The zero-order valence-corrected chi connectivity index (χ0v) is 8.28. The summed E-state index contributed by atoms with van der Waals surface area (Å²) in [6, 6.07) is 7.87. The molecule has 0 bridgehead atoms. The fourth-order valence-electron chi connectivity index (χ4n) is 0.966. The van der Waals surface area contributed by atoms with Gasteiger partial charge in [0.05, 0.1) is 11.9 Å². The maximum atomic E-state index is 4.69. The van der Waals surface area contributed by atoms with E-state index < -0.39 is 0 Å². The van der Waals surface area contributed by atoms with E-state index in [-0.39, 0.29) is 0 Å². The number of rotatable bonds is 2. The van der Waals surface area contributed by atoms with E-state index >= 15 is 0 Å². The Hall–Kier alpha value is -1.29. The summed E-state index contributed by atoms with van der Waals surface area (Å²) in [4.78, 5) is 0. The fourth-order valence-corrected chi connectivity index (χ4v) is 1.23. The summed E-state index contributed by atoms with van der Waals surface area (Å²) in [6.07, 6.45) is 3.18. The summed E-state index contributed by atoms with van der Waals surface area (Å²) in [5.74, 6) is 0. The van der Waals surface area contributed by atoms with Crippen molar-refractivity contribution >= 4 is 27.3 Å². The first-order chi connectivity index (χ1) is 6.34. The lowest BCUT2D eigenvalue weighted by atomic mass is 10.3. The highest BCUT2D eigenvalue weighted by Crippen LogP contribution is 2.18. The van der Waals surface area contributed by atoms with Crippen LogP contribution < -0.4 is 5.32 Å². The minimum Gasteiger partial charge on any atom is -0.363 e. The maximum absolute atomic E-state index is 4.69. The van der Waals surface area contributed by atoms with Crippen molar-refractivity contribution in [1.82, 2.24) is 5.16 Å². The van der Waals surface area contributed by atoms with Gasteiger partial charge in [-0.15, -0.1) is 0 Å². The molecule has 0 saturated carbocycles. The monoisotopic (exact) mass is 238 g/mol. The summed E-state index contributed by atoms with van der Waals surface area (Å²) in [6.45, 7) is 0. The molecule has 0 aliphatic rings. The van der Waals surface area contributed by atoms with Crippen LogP contribution in [-0.2, 0) is 0 Å². The third-order valence-electron chi connectivity index (χ3n) is 1.57. The molecule has 4 heteroatoms. The van der Waals surface area contributed by atoms with Crippen LogP contribution in [0.4, 0.5) is 11.4 Å². The van der Waals surface area contributed by atoms with Crippen molar-refractivity contribution in [1.29, 1.82) is 0 Å². The molecule has 1 aromatic carbocycles. The summed E-state index contributed by atoms with van der Waals surface area (Å²) in [5, 5.41) is 6.72. The highest BCUT2D eigenvalue weighted by molar-refractivity contribution is 9.10. The molecule has 3 nitrogen and oxygen atoms in total. The molecule has 0 unspecified atom stereocenters. The highest BCUT2D eigenvalue weighted by Gasteiger charge is 1.95. The van der Waals surface area contributed by atoms with Crippen molar-refractivity contribution in [2.45, 2.75) is 0 Å². The Balaban J connectivity index is 2.15. The maximum Gasteiger partial charge on any atom is 0.147 e. The van der Waals surface area contributed by atoms with E-state index in [9.17, 15) is 0 Å². The first-order valence-electron chi connectivity index (χ1n) is 3.76. The molecule has 66 valence electrons. The Kier molecular flexibility index (Phi) is 2.31. The van der Waals surface area contributed by atoms with Crippen LogP contribution in [0.1, 0.15) is 0 Å². The van der Waals surface area contributed by atoms with Crippen molar-refractivity contribution in [3.63, 3.8) is 0 Å². The van der Waals surface area contributed by atoms with Gasteiger partial charge < -0.3 is 9.84 Å². The van der Waals surface area contributed by atoms with Crippen molar-refractivity contribution in [3.8, 4) is 0 Å². The zero-order valence-electron chi connectivity index (χ0n) is 6.70. The average Bonchev–Trinajstić information content (AvgIpc) is 2.62. The molecule has 2 aromatic rings. The molecular weight excluding hydrogens is 232 g/mol. The van der Waals surface area contributed by atoms with Crippen LogP contribution in [0, 0.1) is 0 Å². The van der Waals surface area contributed by atoms with Gasteiger partial charge in [0.2, 0.25) is 0 Å². The molecule has 2 rings (SSSR count). The topological polar surface area (TPSA) is 38.1 Å². The van der Waals surface area contributed by atoms with Gasteiger partial charge in [-0.1, -0.05) is 21.1 Å². The highest BCUT2D eigenvalue weighted by atomic mass is 79.9. The van der Waals surface area contributed by atoms with Gasteiger partial charge in [0.25, 0.3) is 0 Å². The number of nitrogens with zero attached hydrogens (tertiary/aromatic N) is 1. The molecule has 1 heterocycles. The molecule has 0 fully saturated rings. The van der Waals surface area contributed by atoms with Gasteiger partial charge in [-0.05, 0) is 24.3 Å². The van der Waals surface area contributed by atoms with E-state index in [0.29, 0.717) is 0 Å². The van der Waals surface area contributed by atoms with Gasteiger partial charge in [-0.3, -0.25) is 0 Å². The lowest BCUT2D eigenvalue weighted by Crippen LogP contribution is -1.86. The molecule has 13 heavy (non-hydrogen) atoms. The van der Waals surface area contributed by atoms with Crippen LogP contribution in [0.3, 0.4) is 0 Å². The van der Waals surface area contributed by atoms with Gasteiger partial charge in [0, 0.05) is 10.2 Å². The predicted molar refractivity (Wildman–Crippen MR) is 53.9 cm³/mol. The predicted octanol–water partition coefficient (Wildman–Crippen LogP) is 3.18. The van der Waals surface area contributed by atoms with E-state index in [1.165, 1.54) is 0 Å². The van der Waals surface area contributed by atoms with Gasteiger partial charge in [0.15, 0.2) is 0 Å². The van der Waals surface area contributed by atoms with Gasteiger partial charge in [-0.25, -0.2) is 0 Å². The third-order valence-corrected chi connectivity index (χ3v) is 2.09. The summed E-state index contributed by atoms with van der Waals surface area (Å²) < 4.78 is 5.75. The second kappa shape index (κ2) is 3.62. The van der Waals surface area contributed by atoms with Crippen molar-refractivity contribution < 1.29 is 4.52 Å². The van der Waals surface area contributed by atoms with E-state index in [1.807, 2.05) is 24.3 Å². The zero-order chi connectivity index (χ0) is 9.10. The van der Waals surface area contributed by atoms with Crippen LogP contribution in [0.15, 0.2) is 45.7 Å². The SMILES string of the molecule is Brc1ccc(Nc2cnoc2)cc1. The van der Waals surface area contributed by atoms with Crippen LogP contribution in [-0.4, -0.2) is 5.16 Å². The van der Waals surface area contributed by atoms with E-state index in [4.69, 9.17) is 0 Å². The average molecular weight is 239 g/mol. The summed E-state index contributed by atoms with van der Waals surface area (Å²) in [7, 11) is 0. The van der Waals surface area contributed by atoms with E-state index in [0.717, 1.165) is 15.8 Å². The Bertz CT molecular complexity index is 369. The molecule has 1 N–H and O–H groups in total. The normalized spacial score (nSPS) is 9.92. The molecule has 0 amide bonds. The third kappa shape index (κ3) is 2.09. The van der Waals surface area contributed by atoms with Crippen molar-refractivity contribution in [2.24, 2.45) is 0 Å². The van der Waals surface area contributed by atoms with Crippen LogP contribution in [0.5, 0.6) is 0 Å². The standard InChI is InChI=1S/C9H7BrN2O/c10-7-1-3-8(4-2-7)12-9-5-11-13-6-9/h1-6,12H. The second-order valence-electron chi connectivity index (χ2n) is 2.55. The van der Waals surface area contributed by atoms with Crippen LogP contribution in [0.2, 0.25) is 0 Å². The molecule has 0 radical (unpaired) electrons. The second-order valence-corrected chi connectivity index (χ2v) is 3.46. The Morgan fingerprint density at radius 1 is 1.15 bits per heavy atom. The Morgan fingerprint density at radius 3 is 2.54 bits per heavy atom. The number of anilines is 2. The van der Waals surface area contributed by atoms with E-state index in [2.05, 4.69) is 30.9 Å². The number of nitrogens with one attached hydrogen (secondary N) is 1. The molecule has 0 spiro atoms. The summed E-state index contributed by atoms with van der Waals surface area (Å²) in [5.41, 5.74) is 1.86.